The predicted octanol–water partition coefficient (Wildman–Crippen LogP) is 1.11. The van der Waals surface area contributed by atoms with E-state index in [0.29, 0.717) is 0 Å². The molecule has 2 amide bonds. The number of likely N-dealkylation sites (N-methyl/N-ethyl adjacent to an activating group) is 1. The Hall–Kier alpha value is -2.44. The summed E-state index contributed by atoms with van der Waals surface area (Å²) < 4.78 is 60.3. The molecule has 29 heavy (non-hydrogen) atoms. The van der Waals surface area contributed by atoms with Gasteiger partial charge < -0.3 is 25.4 Å². The van der Waals surface area contributed by atoms with Gasteiger partial charge >= 0.3 is 6.61 Å². The molecule has 0 bridgehead atoms. The fourth-order valence-corrected chi connectivity index (χ4v) is 2.84. The molecule has 0 aromatic heterocycles. The normalized spacial score (nSPS) is 15.9. The molecule has 0 aliphatic carbocycles. The van der Waals surface area contributed by atoms with Crippen LogP contribution in [0, 0.1) is 0 Å². The zero-order chi connectivity index (χ0) is 21.6. The van der Waals surface area contributed by atoms with Crippen LogP contribution in [0.25, 0.3) is 0 Å². The Morgan fingerprint density at radius 3 is 2.69 bits per heavy atom. The highest BCUT2D eigenvalue weighted by Gasteiger charge is 2.27. The summed E-state index contributed by atoms with van der Waals surface area (Å²) in [7, 11) is 1.32. The summed E-state index contributed by atoms with van der Waals surface area (Å²) in [5.41, 5.74) is 5.69. The molecule has 1 fully saturated rings. The Bertz CT molecular complexity index is 723. The molecule has 0 radical (unpaired) electrons. The Morgan fingerprint density at radius 2 is 2.10 bits per heavy atom. The highest BCUT2D eigenvalue weighted by Crippen LogP contribution is 2.33. The van der Waals surface area contributed by atoms with Gasteiger partial charge in [0, 0.05) is 24.8 Å². The fraction of sp³-hybridized carbons (Fsp3) is 0.529. The second kappa shape index (κ2) is 10.4. The maximum absolute atomic E-state index is 12.8. The largest absolute Gasteiger partial charge is 0.433 e. The van der Waals surface area contributed by atoms with E-state index in [9.17, 15) is 27.2 Å². The molecular weight excluding hydrogens is 400 g/mol. The minimum atomic E-state index is -3.16. The number of halogens is 4. The SMILES string of the molecule is CN(CC(F)F)[C@@H](CN)C(=O)Nc1ccc(N2CCOCC2=O)c(OC(F)F)c1. The van der Waals surface area contributed by atoms with E-state index in [1.54, 1.807) is 0 Å². The van der Waals surface area contributed by atoms with Crippen molar-refractivity contribution in [3.8, 4) is 5.75 Å². The van der Waals surface area contributed by atoms with Gasteiger partial charge in [-0.05, 0) is 19.2 Å². The number of benzene rings is 1. The number of carbonyl (C=O) groups is 2. The van der Waals surface area contributed by atoms with Crippen LogP contribution in [0.4, 0.5) is 28.9 Å². The Labute approximate surface area is 164 Å². The van der Waals surface area contributed by atoms with Crippen molar-refractivity contribution in [2.24, 2.45) is 5.73 Å². The molecule has 162 valence electrons. The summed E-state index contributed by atoms with van der Waals surface area (Å²) in [6.45, 7) is -3.86. The molecule has 0 spiro atoms. The van der Waals surface area contributed by atoms with Crippen LogP contribution in [0.2, 0.25) is 0 Å². The predicted molar refractivity (Wildman–Crippen MR) is 96.4 cm³/mol. The second-order valence-corrected chi connectivity index (χ2v) is 6.23. The molecule has 3 N–H and O–H groups in total. The average molecular weight is 422 g/mol. The van der Waals surface area contributed by atoms with Gasteiger partial charge in [-0.3, -0.25) is 14.5 Å². The van der Waals surface area contributed by atoms with Crippen molar-refractivity contribution in [1.29, 1.82) is 0 Å². The molecule has 1 atom stereocenters. The molecule has 8 nitrogen and oxygen atoms in total. The zero-order valence-electron chi connectivity index (χ0n) is 15.6. The number of rotatable bonds is 9. The van der Waals surface area contributed by atoms with Gasteiger partial charge in [-0.25, -0.2) is 8.78 Å². The standard InChI is InChI=1S/C17H22F4N4O4/c1-24(8-14(18)19)12(7-22)16(27)23-10-2-3-11(13(6-10)29-17(20)21)25-4-5-28-9-15(25)26/h2-3,6,12,14,17H,4-5,7-9,22H2,1H3,(H,23,27)/t12-/m0/s1. The van der Waals surface area contributed by atoms with Gasteiger partial charge in [0.15, 0.2) is 5.75 Å². The molecule has 1 heterocycles. The maximum Gasteiger partial charge on any atom is 0.387 e. The monoisotopic (exact) mass is 422 g/mol. The van der Waals surface area contributed by atoms with E-state index in [0.717, 1.165) is 11.0 Å². The summed E-state index contributed by atoms with van der Waals surface area (Å²) >= 11 is 0. The molecule has 1 aromatic rings. The van der Waals surface area contributed by atoms with E-state index in [1.807, 2.05) is 0 Å². The highest BCUT2D eigenvalue weighted by molar-refractivity contribution is 5.98. The number of amides is 2. The van der Waals surface area contributed by atoms with Crippen molar-refractivity contribution in [2.75, 3.05) is 50.1 Å². The smallest absolute Gasteiger partial charge is 0.387 e. The van der Waals surface area contributed by atoms with Gasteiger partial charge in [-0.1, -0.05) is 0 Å². The second-order valence-electron chi connectivity index (χ2n) is 6.23. The first-order valence-electron chi connectivity index (χ1n) is 8.69. The summed E-state index contributed by atoms with van der Waals surface area (Å²) in [5, 5.41) is 2.44. The van der Waals surface area contributed by atoms with Crippen molar-refractivity contribution >= 4 is 23.2 Å². The van der Waals surface area contributed by atoms with Gasteiger partial charge in [0.25, 0.3) is 12.3 Å². The number of morpholine rings is 1. The first-order valence-corrected chi connectivity index (χ1v) is 8.69. The molecule has 1 saturated heterocycles. The Morgan fingerprint density at radius 1 is 1.38 bits per heavy atom. The van der Waals surface area contributed by atoms with Crippen molar-refractivity contribution in [3.05, 3.63) is 18.2 Å². The van der Waals surface area contributed by atoms with Crippen LogP contribution >= 0.6 is 0 Å². The minimum Gasteiger partial charge on any atom is -0.433 e. The minimum absolute atomic E-state index is 0.0824. The van der Waals surface area contributed by atoms with E-state index in [4.69, 9.17) is 10.5 Å². The number of anilines is 2. The third-order valence-electron chi connectivity index (χ3n) is 4.20. The molecule has 1 aromatic carbocycles. The topological polar surface area (TPSA) is 97.1 Å². The highest BCUT2D eigenvalue weighted by atomic mass is 19.3. The molecular formula is C17H22F4N4O4. The summed E-state index contributed by atoms with van der Waals surface area (Å²) in [4.78, 5) is 26.7. The lowest BCUT2D eigenvalue weighted by Gasteiger charge is -2.29. The third kappa shape index (κ3) is 6.27. The van der Waals surface area contributed by atoms with Gasteiger partial charge in [0.05, 0.1) is 18.8 Å². The van der Waals surface area contributed by atoms with Crippen LogP contribution in [0.3, 0.4) is 0 Å². The molecule has 1 aliphatic rings. The van der Waals surface area contributed by atoms with E-state index in [2.05, 4.69) is 10.1 Å². The number of alkyl halides is 4. The van der Waals surface area contributed by atoms with Crippen LogP contribution in [0.1, 0.15) is 0 Å². The molecule has 0 unspecified atom stereocenters. The first kappa shape index (κ1) is 22.8. The molecule has 1 aliphatic heterocycles. The fourth-order valence-electron chi connectivity index (χ4n) is 2.84. The molecule has 0 saturated carbocycles. The van der Waals surface area contributed by atoms with Gasteiger partial charge in [0.1, 0.15) is 12.6 Å². The van der Waals surface area contributed by atoms with Crippen LogP contribution in [0.15, 0.2) is 18.2 Å². The number of nitrogens with zero attached hydrogens (tertiary/aromatic N) is 2. The summed E-state index contributed by atoms with van der Waals surface area (Å²) in [6, 6.07) is 2.80. The third-order valence-corrected chi connectivity index (χ3v) is 4.20. The maximum atomic E-state index is 12.8. The summed E-state index contributed by atoms with van der Waals surface area (Å²) in [5.74, 6) is -1.43. The van der Waals surface area contributed by atoms with Crippen LogP contribution in [-0.4, -0.2) is 75.7 Å². The summed E-state index contributed by atoms with van der Waals surface area (Å²) in [6.07, 6.45) is -2.65. The van der Waals surface area contributed by atoms with Crippen LogP contribution < -0.4 is 20.7 Å². The van der Waals surface area contributed by atoms with Crippen LogP contribution in [0.5, 0.6) is 5.75 Å². The van der Waals surface area contributed by atoms with Crippen molar-refractivity contribution in [2.45, 2.75) is 19.1 Å². The molecule has 12 heteroatoms. The zero-order valence-corrected chi connectivity index (χ0v) is 15.6. The first-order chi connectivity index (χ1) is 13.7. The Kier molecular flexibility index (Phi) is 8.17. The van der Waals surface area contributed by atoms with E-state index < -0.39 is 37.4 Å². The average Bonchev–Trinajstić information content (AvgIpc) is 2.62. The van der Waals surface area contributed by atoms with Gasteiger partial charge in [-0.15, -0.1) is 0 Å². The van der Waals surface area contributed by atoms with Gasteiger partial charge in [-0.2, -0.15) is 8.78 Å². The lowest BCUT2D eigenvalue weighted by molar-refractivity contribution is -0.126. The van der Waals surface area contributed by atoms with Crippen molar-refractivity contribution in [1.82, 2.24) is 4.90 Å². The Balaban J connectivity index is 2.22. The van der Waals surface area contributed by atoms with Crippen molar-refractivity contribution < 1.29 is 36.6 Å². The molecule has 2 rings (SSSR count). The quantitative estimate of drug-likeness (QED) is 0.579. The number of hydrogen-bond donors (Lipinski definition) is 2. The van der Waals surface area contributed by atoms with Gasteiger partial charge in [0.2, 0.25) is 5.91 Å². The lowest BCUT2D eigenvalue weighted by Crippen LogP contribution is -2.48. The number of hydrogen-bond acceptors (Lipinski definition) is 6. The number of carbonyl (C=O) groups excluding carboxylic acids is 2. The van der Waals surface area contributed by atoms with E-state index in [1.165, 1.54) is 24.1 Å². The lowest BCUT2D eigenvalue weighted by atomic mass is 10.2. The van der Waals surface area contributed by atoms with E-state index >= 15 is 0 Å². The number of nitrogens with one attached hydrogen (secondary N) is 1. The number of ether oxygens (including phenoxy) is 2. The number of nitrogens with two attached hydrogens (primary N) is 1. The van der Waals surface area contributed by atoms with E-state index in [-0.39, 0.29) is 43.4 Å². The van der Waals surface area contributed by atoms with Crippen molar-refractivity contribution in [3.63, 3.8) is 0 Å². The van der Waals surface area contributed by atoms with Crippen LogP contribution in [-0.2, 0) is 14.3 Å².